The maximum atomic E-state index is 12.8. The Bertz CT molecular complexity index is 1260. The summed E-state index contributed by atoms with van der Waals surface area (Å²) in [6, 6.07) is 9.99. The second-order valence-corrected chi connectivity index (χ2v) is 8.94. The largest absolute Gasteiger partial charge is 0.317 e. The van der Waals surface area contributed by atoms with E-state index < -0.39 is 10.8 Å². The Morgan fingerprint density at radius 2 is 2.09 bits per heavy atom. The van der Waals surface area contributed by atoms with Crippen molar-refractivity contribution < 1.29 is 9.72 Å². The number of nitro benzene ring substituents is 1. The summed E-state index contributed by atoms with van der Waals surface area (Å²) in [5.41, 5.74) is 1.82. The molecule has 0 spiro atoms. The number of carbonyl (C=O) groups excluding carboxylic acids is 1. The number of benzene rings is 1. The molecule has 0 saturated heterocycles. The molecule has 0 unspecified atom stereocenters. The summed E-state index contributed by atoms with van der Waals surface area (Å²) in [4.78, 5) is 23.5. The van der Waals surface area contributed by atoms with Crippen molar-refractivity contribution >= 4 is 34.1 Å². The Balaban J connectivity index is 1.56. The zero-order chi connectivity index (χ0) is 23.4. The van der Waals surface area contributed by atoms with E-state index in [4.69, 9.17) is 0 Å². The van der Waals surface area contributed by atoms with Crippen LogP contribution in [0.15, 0.2) is 42.1 Å². The Hall–Kier alpha value is -3.84. The van der Waals surface area contributed by atoms with Crippen LogP contribution in [0.4, 0.5) is 10.8 Å². The van der Waals surface area contributed by atoms with Crippen molar-refractivity contribution in [2.75, 3.05) is 5.32 Å². The Kier molecular flexibility index (Phi) is 6.60. The smallest absolute Gasteiger partial charge is 0.271 e. The summed E-state index contributed by atoms with van der Waals surface area (Å²) >= 11 is 1.35. The molecule has 1 aliphatic rings. The van der Waals surface area contributed by atoms with Crippen LogP contribution in [0.5, 0.6) is 0 Å². The second-order valence-electron chi connectivity index (χ2n) is 7.94. The topological polar surface area (TPSA) is 127 Å². The highest BCUT2D eigenvalue weighted by atomic mass is 32.1. The normalized spacial score (nSPS) is 14.6. The maximum Gasteiger partial charge on any atom is 0.271 e. The van der Waals surface area contributed by atoms with Gasteiger partial charge in [-0.25, -0.2) is 0 Å². The summed E-state index contributed by atoms with van der Waals surface area (Å²) < 4.78 is 1.71. The lowest BCUT2D eigenvalue weighted by Crippen LogP contribution is -2.13. The number of anilines is 1. The molecule has 1 amide bonds. The van der Waals surface area contributed by atoms with E-state index in [9.17, 15) is 20.2 Å². The fraction of sp³-hybridized carbons (Fsp3) is 0.304. The van der Waals surface area contributed by atoms with E-state index in [0.717, 1.165) is 23.4 Å². The van der Waals surface area contributed by atoms with Crippen molar-refractivity contribution in [3.63, 3.8) is 0 Å². The summed E-state index contributed by atoms with van der Waals surface area (Å²) in [5.74, 6) is -0.193. The lowest BCUT2D eigenvalue weighted by Gasteiger charge is -2.18. The molecule has 0 radical (unpaired) electrons. The van der Waals surface area contributed by atoms with Crippen LogP contribution in [0.3, 0.4) is 0 Å². The molecule has 1 aliphatic carbocycles. The molecule has 10 heteroatoms. The fourth-order valence-electron chi connectivity index (χ4n) is 3.96. The Morgan fingerprint density at radius 3 is 2.82 bits per heavy atom. The first kappa shape index (κ1) is 22.4. The quantitative estimate of drug-likeness (QED) is 0.234. The first-order valence-corrected chi connectivity index (χ1v) is 11.5. The number of hydrogen-bond donors (Lipinski definition) is 1. The molecule has 3 aromatic rings. The number of aromatic nitrogens is 3. The van der Waals surface area contributed by atoms with Crippen LogP contribution < -0.4 is 5.32 Å². The van der Waals surface area contributed by atoms with E-state index in [1.54, 1.807) is 29.0 Å². The predicted octanol–water partition coefficient (Wildman–Crippen LogP) is 5.14. The molecule has 1 fully saturated rings. The summed E-state index contributed by atoms with van der Waals surface area (Å²) in [5, 5.41) is 33.1. The van der Waals surface area contributed by atoms with E-state index in [0.29, 0.717) is 22.4 Å². The van der Waals surface area contributed by atoms with Gasteiger partial charge in [0.1, 0.15) is 16.6 Å². The number of amides is 1. The van der Waals surface area contributed by atoms with Crippen molar-refractivity contribution in [3.05, 3.63) is 68.5 Å². The van der Waals surface area contributed by atoms with E-state index in [1.807, 2.05) is 13.0 Å². The number of rotatable bonds is 6. The first-order chi connectivity index (χ1) is 16.0. The SMILES string of the molecule is Cc1ccc([N+](=O)[O-])cc1-n1cccc1C=C(C#N)C(=O)Nc1nnc(C2CCCCC2)s1. The lowest BCUT2D eigenvalue weighted by molar-refractivity contribution is -0.384. The van der Waals surface area contributed by atoms with Gasteiger partial charge in [0.2, 0.25) is 5.13 Å². The minimum Gasteiger partial charge on any atom is -0.317 e. The van der Waals surface area contributed by atoms with Gasteiger partial charge >= 0.3 is 0 Å². The number of carbonyl (C=O) groups is 1. The molecule has 2 heterocycles. The molecule has 1 aromatic carbocycles. The van der Waals surface area contributed by atoms with Gasteiger partial charge in [0.05, 0.1) is 10.6 Å². The van der Waals surface area contributed by atoms with Crippen molar-refractivity contribution in [1.82, 2.24) is 14.8 Å². The number of nitrogens with one attached hydrogen (secondary N) is 1. The Morgan fingerprint density at radius 1 is 1.30 bits per heavy atom. The van der Waals surface area contributed by atoms with Gasteiger partial charge in [-0.15, -0.1) is 10.2 Å². The fourth-order valence-corrected chi connectivity index (χ4v) is 4.87. The molecule has 1 N–H and O–H groups in total. The minimum absolute atomic E-state index is 0.0393. The van der Waals surface area contributed by atoms with Crippen LogP contribution in [0.1, 0.15) is 54.3 Å². The van der Waals surface area contributed by atoms with Crippen LogP contribution in [0.2, 0.25) is 0 Å². The predicted molar refractivity (Wildman–Crippen MR) is 125 cm³/mol. The second kappa shape index (κ2) is 9.75. The summed E-state index contributed by atoms with van der Waals surface area (Å²) in [6.07, 6.45) is 8.95. The molecule has 2 aromatic heterocycles. The molecule has 0 aliphatic heterocycles. The molecule has 33 heavy (non-hydrogen) atoms. The van der Waals surface area contributed by atoms with Crippen molar-refractivity contribution in [3.8, 4) is 11.8 Å². The summed E-state index contributed by atoms with van der Waals surface area (Å²) in [6.45, 7) is 1.84. The summed E-state index contributed by atoms with van der Waals surface area (Å²) in [7, 11) is 0. The highest BCUT2D eigenvalue weighted by Gasteiger charge is 2.21. The molecule has 0 bridgehead atoms. The molecule has 9 nitrogen and oxygen atoms in total. The number of non-ortho nitro benzene ring substituents is 1. The molecular formula is C23H22N6O3S. The van der Waals surface area contributed by atoms with Crippen LogP contribution in [0, 0.1) is 28.4 Å². The van der Waals surface area contributed by atoms with Crippen LogP contribution >= 0.6 is 11.3 Å². The monoisotopic (exact) mass is 462 g/mol. The van der Waals surface area contributed by atoms with Crippen LogP contribution in [-0.4, -0.2) is 25.6 Å². The molecule has 4 rings (SSSR count). The average molecular weight is 463 g/mol. The standard InChI is InChI=1S/C23H22N6O3S/c1-15-9-10-19(29(31)32)13-20(15)28-11-5-8-18(28)12-17(14-24)21(30)25-23-27-26-22(33-23)16-6-3-2-4-7-16/h5,8-13,16H,2-4,6-7H2,1H3,(H,25,27,30). The van der Waals surface area contributed by atoms with Crippen molar-refractivity contribution in [1.29, 1.82) is 5.26 Å². The van der Waals surface area contributed by atoms with Crippen molar-refractivity contribution in [2.45, 2.75) is 44.9 Å². The molecular weight excluding hydrogens is 440 g/mol. The Labute approximate surface area is 194 Å². The molecule has 1 saturated carbocycles. The third-order valence-corrected chi connectivity index (χ3v) is 6.72. The molecule has 168 valence electrons. The number of nitrogens with zero attached hydrogens (tertiary/aromatic N) is 5. The van der Waals surface area contributed by atoms with E-state index in [2.05, 4.69) is 15.5 Å². The van der Waals surface area contributed by atoms with Gasteiger partial charge < -0.3 is 4.57 Å². The van der Waals surface area contributed by atoms with Gasteiger partial charge in [-0.3, -0.25) is 20.2 Å². The number of hydrogen-bond acceptors (Lipinski definition) is 7. The van der Waals surface area contributed by atoms with Crippen LogP contribution in [0.25, 0.3) is 11.8 Å². The van der Waals surface area contributed by atoms with Gasteiger partial charge in [0.25, 0.3) is 11.6 Å². The number of nitro groups is 1. The zero-order valence-electron chi connectivity index (χ0n) is 18.0. The number of nitriles is 1. The minimum atomic E-state index is -0.577. The van der Waals surface area contributed by atoms with E-state index in [1.165, 1.54) is 48.8 Å². The zero-order valence-corrected chi connectivity index (χ0v) is 18.8. The van der Waals surface area contributed by atoms with Crippen molar-refractivity contribution in [2.24, 2.45) is 0 Å². The highest BCUT2D eigenvalue weighted by Crippen LogP contribution is 2.35. The van der Waals surface area contributed by atoms with Gasteiger partial charge in [0, 0.05) is 29.9 Å². The van der Waals surface area contributed by atoms with E-state index in [-0.39, 0.29) is 11.3 Å². The maximum absolute atomic E-state index is 12.8. The first-order valence-electron chi connectivity index (χ1n) is 10.7. The van der Waals surface area contributed by atoms with E-state index >= 15 is 0 Å². The third kappa shape index (κ3) is 4.99. The van der Waals surface area contributed by atoms with Gasteiger partial charge in [-0.05, 0) is 43.5 Å². The van der Waals surface area contributed by atoms with Crippen LogP contribution in [-0.2, 0) is 4.79 Å². The van der Waals surface area contributed by atoms with Gasteiger partial charge in [-0.2, -0.15) is 5.26 Å². The van der Waals surface area contributed by atoms with Gasteiger partial charge in [-0.1, -0.05) is 36.7 Å². The lowest BCUT2D eigenvalue weighted by atomic mass is 9.90. The molecule has 0 atom stereocenters. The van der Waals surface area contributed by atoms with Gasteiger partial charge in [0.15, 0.2) is 0 Å². The third-order valence-electron chi connectivity index (χ3n) is 5.72. The average Bonchev–Trinajstić information content (AvgIpc) is 3.47. The highest BCUT2D eigenvalue weighted by molar-refractivity contribution is 7.15. The number of aryl methyl sites for hydroxylation is 1.